The van der Waals surface area contributed by atoms with Crippen molar-refractivity contribution in [3.8, 4) is 0 Å². The molecule has 0 spiro atoms. The molecule has 0 unspecified atom stereocenters. The van der Waals surface area contributed by atoms with E-state index in [4.69, 9.17) is 4.74 Å². The second kappa shape index (κ2) is 2.93. The molecule has 0 amide bonds. The molecular formula is C12H16O4. The fourth-order valence-corrected chi connectivity index (χ4v) is 3.18. The summed E-state index contributed by atoms with van der Waals surface area (Å²) in [7, 11) is 0. The van der Waals surface area contributed by atoms with Crippen molar-refractivity contribution in [2.45, 2.75) is 40.2 Å². The Morgan fingerprint density at radius 2 is 1.88 bits per heavy atom. The summed E-state index contributed by atoms with van der Waals surface area (Å²) in [6, 6.07) is 0. The van der Waals surface area contributed by atoms with E-state index >= 15 is 0 Å². The van der Waals surface area contributed by atoms with E-state index in [0.717, 1.165) is 0 Å². The van der Waals surface area contributed by atoms with Gasteiger partial charge in [-0.25, -0.2) is 0 Å². The van der Waals surface area contributed by atoms with Gasteiger partial charge in [0.25, 0.3) is 0 Å². The van der Waals surface area contributed by atoms with Gasteiger partial charge in [-0.3, -0.25) is 14.4 Å². The highest BCUT2D eigenvalue weighted by Gasteiger charge is 2.72. The summed E-state index contributed by atoms with van der Waals surface area (Å²) in [5.74, 6) is -1.36. The SMILES string of the molecule is CC(=O)O[C@H]1C[C@H]2C(=O)C(=O)[C@@]1(C)C2(C)C. The number of fused-ring (bicyclic) bond motifs is 2. The van der Waals surface area contributed by atoms with E-state index in [1.807, 2.05) is 13.8 Å². The van der Waals surface area contributed by atoms with Crippen LogP contribution in [0.5, 0.6) is 0 Å². The Balaban J connectivity index is 2.43. The molecule has 0 radical (unpaired) electrons. The Kier molecular flexibility index (Phi) is 2.07. The monoisotopic (exact) mass is 224 g/mol. The largest absolute Gasteiger partial charge is 0.461 e. The van der Waals surface area contributed by atoms with E-state index in [-0.39, 0.29) is 17.5 Å². The van der Waals surface area contributed by atoms with Gasteiger partial charge in [-0.1, -0.05) is 13.8 Å². The van der Waals surface area contributed by atoms with Crippen LogP contribution in [0.3, 0.4) is 0 Å². The molecule has 16 heavy (non-hydrogen) atoms. The molecule has 2 saturated carbocycles. The quantitative estimate of drug-likeness (QED) is 0.494. The Morgan fingerprint density at radius 1 is 1.31 bits per heavy atom. The number of carbonyl (C=O) groups is 3. The van der Waals surface area contributed by atoms with E-state index in [9.17, 15) is 14.4 Å². The van der Waals surface area contributed by atoms with Gasteiger partial charge in [0.1, 0.15) is 6.10 Å². The first-order valence-corrected chi connectivity index (χ1v) is 5.48. The maximum atomic E-state index is 12.0. The molecular weight excluding hydrogens is 208 g/mol. The summed E-state index contributed by atoms with van der Waals surface area (Å²) < 4.78 is 5.19. The number of esters is 1. The number of hydrogen-bond donors (Lipinski definition) is 0. The van der Waals surface area contributed by atoms with Crippen molar-refractivity contribution in [3.63, 3.8) is 0 Å². The lowest BCUT2D eigenvalue weighted by Gasteiger charge is -2.35. The van der Waals surface area contributed by atoms with Gasteiger partial charge in [-0.05, 0) is 18.8 Å². The highest BCUT2D eigenvalue weighted by molar-refractivity contribution is 6.43. The average Bonchev–Trinajstić information content (AvgIpc) is 2.41. The third-order valence-electron chi connectivity index (χ3n) is 4.62. The summed E-state index contributed by atoms with van der Waals surface area (Å²) in [6.07, 6.45) is 0.0309. The second-order valence-electron chi connectivity index (χ2n) is 5.50. The van der Waals surface area contributed by atoms with E-state index < -0.39 is 22.9 Å². The van der Waals surface area contributed by atoms with Crippen molar-refractivity contribution >= 4 is 17.5 Å². The lowest BCUT2D eigenvalue weighted by molar-refractivity contribution is -0.160. The van der Waals surface area contributed by atoms with Gasteiger partial charge in [-0.15, -0.1) is 0 Å². The molecule has 2 aliphatic rings. The third-order valence-corrected chi connectivity index (χ3v) is 4.62. The van der Waals surface area contributed by atoms with Gasteiger partial charge in [-0.2, -0.15) is 0 Å². The Morgan fingerprint density at radius 3 is 2.25 bits per heavy atom. The molecule has 4 heteroatoms. The summed E-state index contributed by atoms with van der Waals surface area (Å²) in [5, 5.41) is 0. The minimum absolute atomic E-state index is 0.295. The van der Waals surface area contributed by atoms with Crippen molar-refractivity contribution < 1.29 is 19.1 Å². The first kappa shape index (κ1) is 11.3. The van der Waals surface area contributed by atoms with Gasteiger partial charge >= 0.3 is 5.97 Å². The van der Waals surface area contributed by atoms with Gasteiger partial charge in [0.15, 0.2) is 0 Å². The van der Waals surface area contributed by atoms with E-state index in [1.165, 1.54) is 6.92 Å². The summed E-state index contributed by atoms with van der Waals surface area (Å²) in [4.78, 5) is 34.7. The molecule has 0 aromatic carbocycles. The van der Waals surface area contributed by atoms with Crippen molar-refractivity contribution in [2.75, 3.05) is 0 Å². The zero-order valence-corrected chi connectivity index (χ0v) is 9.99. The molecule has 0 aromatic heterocycles. The summed E-state index contributed by atoms with van der Waals surface area (Å²) in [5.41, 5.74) is -1.26. The van der Waals surface area contributed by atoms with Crippen LogP contribution in [-0.4, -0.2) is 23.6 Å². The van der Waals surface area contributed by atoms with Gasteiger partial charge < -0.3 is 4.74 Å². The molecule has 0 aromatic rings. The predicted octanol–water partition coefficient (Wildman–Crippen LogP) is 1.12. The van der Waals surface area contributed by atoms with Crippen molar-refractivity contribution in [1.82, 2.24) is 0 Å². The Bertz CT molecular complexity index is 396. The molecule has 0 saturated heterocycles. The highest BCUT2D eigenvalue weighted by atomic mass is 16.5. The number of ether oxygens (including phenoxy) is 1. The predicted molar refractivity (Wildman–Crippen MR) is 55.6 cm³/mol. The topological polar surface area (TPSA) is 60.4 Å². The zero-order chi connectivity index (χ0) is 12.3. The molecule has 0 N–H and O–H groups in total. The molecule has 2 bridgehead atoms. The van der Waals surface area contributed by atoms with Gasteiger partial charge in [0.05, 0.1) is 5.41 Å². The maximum absolute atomic E-state index is 12.0. The number of rotatable bonds is 1. The van der Waals surface area contributed by atoms with E-state index in [1.54, 1.807) is 6.92 Å². The van der Waals surface area contributed by atoms with Crippen molar-refractivity contribution in [3.05, 3.63) is 0 Å². The highest BCUT2D eigenvalue weighted by Crippen LogP contribution is 2.62. The average molecular weight is 224 g/mol. The van der Waals surface area contributed by atoms with Gasteiger partial charge in [0.2, 0.25) is 11.6 Å². The van der Waals surface area contributed by atoms with Crippen LogP contribution in [0.2, 0.25) is 0 Å². The van der Waals surface area contributed by atoms with Crippen LogP contribution in [0.25, 0.3) is 0 Å². The van der Waals surface area contributed by atoms with Crippen LogP contribution in [0.1, 0.15) is 34.1 Å². The first-order chi connectivity index (χ1) is 7.23. The van der Waals surface area contributed by atoms with Gasteiger partial charge in [0, 0.05) is 12.8 Å². The van der Waals surface area contributed by atoms with Crippen LogP contribution < -0.4 is 0 Å². The Labute approximate surface area is 94.3 Å². The minimum atomic E-state index is -0.847. The van der Waals surface area contributed by atoms with Crippen LogP contribution in [0, 0.1) is 16.7 Å². The third kappa shape index (κ3) is 1.02. The maximum Gasteiger partial charge on any atom is 0.302 e. The molecule has 0 aliphatic heterocycles. The summed E-state index contributed by atoms with van der Waals surface area (Å²) in [6.45, 7) is 6.89. The first-order valence-electron chi connectivity index (χ1n) is 5.48. The Hall–Kier alpha value is -1.19. The number of hydrogen-bond acceptors (Lipinski definition) is 4. The number of ketones is 2. The lowest BCUT2D eigenvalue weighted by atomic mass is 9.69. The minimum Gasteiger partial charge on any atom is -0.461 e. The van der Waals surface area contributed by atoms with Crippen molar-refractivity contribution in [1.29, 1.82) is 0 Å². The van der Waals surface area contributed by atoms with Crippen molar-refractivity contribution in [2.24, 2.45) is 16.7 Å². The molecule has 88 valence electrons. The van der Waals surface area contributed by atoms with Crippen LogP contribution in [0.15, 0.2) is 0 Å². The molecule has 0 heterocycles. The molecule has 2 fully saturated rings. The fourth-order valence-electron chi connectivity index (χ4n) is 3.18. The number of Topliss-reactive ketones (excluding diaryl/α,β-unsaturated/α-hetero) is 2. The number of carbonyl (C=O) groups excluding carboxylic acids is 3. The standard InChI is InChI=1S/C12H16O4/c1-6(13)16-8-5-7-9(14)10(15)12(8,4)11(7,2)3/h7-8H,5H2,1-4H3/t7-,8-,12-/m0/s1. The van der Waals surface area contributed by atoms with E-state index in [0.29, 0.717) is 6.42 Å². The summed E-state index contributed by atoms with van der Waals surface area (Å²) >= 11 is 0. The second-order valence-corrected chi connectivity index (χ2v) is 5.50. The van der Waals surface area contributed by atoms with Crippen LogP contribution in [-0.2, 0) is 19.1 Å². The van der Waals surface area contributed by atoms with Crippen LogP contribution in [0.4, 0.5) is 0 Å². The molecule has 3 atom stereocenters. The molecule has 4 nitrogen and oxygen atoms in total. The fraction of sp³-hybridized carbons (Fsp3) is 0.750. The smallest absolute Gasteiger partial charge is 0.302 e. The normalized spacial score (nSPS) is 40.2. The van der Waals surface area contributed by atoms with E-state index in [2.05, 4.69) is 0 Å². The van der Waals surface area contributed by atoms with Crippen LogP contribution >= 0.6 is 0 Å². The molecule has 2 aliphatic carbocycles. The lowest BCUT2D eigenvalue weighted by Crippen LogP contribution is -2.45. The molecule has 2 rings (SSSR count). The zero-order valence-electron chi connectivity index (χ0n) is 9.99.